The molecule has 1 amide bonds. The fourth-order valence-corrected chi connectivity index (χ4v) is 3.07. The molecule has 0 saturated heterocycles. The molecule has 0 bridgehead atoms. The summed E-state index contributed by atoms with van der Waals surface area (Å²) in [5.41, 5.74) is 0.287. The van der Waals surface area contributed by atoms with Gasteiger partial charge < -0.3 is 9.47 Å². The Hall–Kier alpha value is -4.87. The number of nitrogens with zero attached hydrogens (tertiary/aromatic N) is 5. The lowest BCUT2D eigenvalue weighted by atomic mass is 10.2. The van der Waals surface area contributed by atoms with E-state index < -0.39 is 27.4 Å². The van der Waals surface area contributed by atoms with Gasteiger partial charge in [0, 0.05) is 36.5 Å². The van der Waals surface area contributed by atoms with E-state index in [1.807, 2.05) is 0 Å². The number of rotatable bonds is 6. The number of carbonyl (C=O) groups excluding carboxylic acids is 1. The van der Waals surface area contributed by atoms with Crippen LogP contribution in [0.5, 0.6) is 11.5 Å². The molecule has 166 valence electrons. The van der Waals surface area contributed by atoms with Gasteiger partial charge in [-0.1, -0.05) is 0 Å². The van der Waals surface area contributed by atoms with Crippen LogP contribution in [0.15, 0.2) is 72.1 Å². The molecule has 0 saturated carbocycles. The lowest BCUT2D eigenvalue weighted by Gasteiger charge is -2.19. The van der Waals surface area contributed by atoms with Crippen molar-refractivity contribution in [3.8, 4) is 11.5 Å². The molecule has 3 aromatic rings. The molecule has 4 rings (SSSR count). The highest BCUT2D eigenvalue weighted by Crippen LogP contribution is 2.36. The van der Waals surface area contributed by atoms with E-state index in [1.165, 1.54) is 24.1 Å². The van der Waals surface area contributed by atoms with Crippen molar-refractivity contribution in [2.24, 2.45) is 5.10 Å². The van der Waals surface area contributed by atoms with Gasteiger partial charge >= 0.3 is 5.69 Å². The van der Waals surface area contributed by atoms with Crippen LogP contribution in [-0.4, -0.2) is 31.6 Å². The minimum Gasteiger partial charge on any atom is -0.450 e. The van der Waals surface area contributed by atoms with Crippen molar-refractivity contribution in [2.75, 3.05) is 0 Å². The van der Waals surface area contributed by atoms with Crippen molar-refractivity contribution in [3.63, 3.8) is 0 Å². The van der Waals surface area contributed by atoms with Crippen LogP contribution in [0.1, 0.15) is 24.3 Å². The van der Waals surface area contributed by atoms with Crippen LogP contribution in [0.3, 0.4) is 0 Å². The predicted molar refractivity (Wildman–Crippen MR) is 113 cm³/mol. The SMILES string of the molecule is CC(=O)N1N=C(c2ccncc2)OC1c1ccc(Oc2ccc([N+](=O)[O-])cc2[N+](=O)[O-])cc1. The Morgan fingerprint density at radius 2 is 1.73 bits per heavy atom. The van der Waals surface area contributed by atoms with E-state index in [2.05, 4.69) is 10.1 Å². The number of nitro groups is 2. The smallest absolute Gasteiger partial charge is 0.318 e. The first-order valence-corrected chi connectivity index (χ1v) is 9.49. The average molecular weight is 449 g/mol. The molecule has 0 N–H and O–H groups in total. The molecule has 12 heteroatoms. The molecule has 0 spiro atoms. The molecular weight excluding hydrogens is 434 g/mol. The van der Waals surface area contributed by atoms with Crippen molar-refractivity contribution in [3.05, 3.63) is 98.3 Å². The average Bonchev–Trinajstić information content (AvgIpc) is 3.26. The van der Waals surface area contributed by atoms with Crippen LogP contribution in [-0.2, 0) is 9.53 Å². The Kier molecular flexibility index (Phi) is 5.64. The zero-order chi connectivity index (χ0) is 23.5. The first kappa shape index (κ1) is 21.4. The van der Waals surface area contributed by atoms with Gasteiger partial charge in [0.15, 0.2) is 0 Å². The van der Waals surface area contributed by atoms with Gasteiger partial charge in [-0.05, 0) is 42.5 Å². The summed E-state index contributed by atoms with van der Waals surface area (Å²) in [6, 6.07) is 12.8. The number of benzene rings is 2. The predicted octanol–water partition coefficient (Wildman–Crippen LogP) is 3.93. The molecule has 0 radical (unpaired) electrons. The molecule has 1 unspecified atom stereocenters. The Bertz CT molecular complexity index is 1260. The van der Waals surface area contributed by atoms with Crippen molar-refractivity contribution in [1.82, 2.24) is 9.99 Å². The number of amides is 1. The van der Waals surface area contributed by atoms with Gasteiger partial charge in [-0.15, -0.1) is 5.10 Å². The normalized spacial score (nSPS) is 14.9. The van der Waals surface area contributed by atoms with Crippen LogP contribution in [0.2, 0.25) is 0 Å². The summed E-state index contributed by atoms with van der Waals surface area (Å²) < 4.78 is 11.5. The highest BCUT2D eigenvalue weighted by atomic mass is 16.6. The lowest BCUT2D eigenvalue weighted by Crippen LogP contribution is -2.25. The summed E-state index contributed by atoms with van der Waals surface area (Å²) in [5.74, 6) is 0.0350. The van der Waals surface area contributed by atoms with E-state index in [4.69, 9.17) is 9.47 Å². The standard InChI is InChI=1S/C21H15N5O7/c1-13(27)24-21(33-20(23-24)14-8-10-22-11-9-14)15-2-5-17(6-3-15)32-19-7-4-16(25(28)29)12-18(19)26(30)31/h2-12,21H,1H3. The molecule has 0 fully saturated rings. The summed E-state index contributed by atoms with van der Waals surface area (Å²) in [6.07, 6.45) is 2.35. The number of pyridine rings is 1. The number of ether oxygens (including phenoxy) is 2. The molecule has 1 aliphatic rings. The highest BCUT2D eigenvalue weighted by Gasteiger charge is 2.33. The zero-order valence-corrected chi connectivity index (χ0v) is 17.0. The monoisotopic (exact) mass is 449 g/mol. The zero-order valence-electron chi connectivity index (χ0n) is 17.0. The molecule has 0 aliphatic carbocycles. The maximum atomic E-state index is 12.1. The number of hydrazone groups is 1. The van der Waals surface area contributed by atoms with E-state index in [1.54, 1.807) is 36.7 Å². The van der Waals surface area contributed by atoms with E-state index in [0.717, 1.165) is 18.2 Å². The largest absolute Gasteiger partial charge is 0.450 e. The molecular formula is C21H15N5O7. The second kappa shape index (κ2) is 8.70. The Morgan fingerprint density at radius 1 is 1.03 bits per heavy atom. The number of hydrogen-bond acceptors (Lipinski definition) is 9. The first-order chi connectivity index (χ1) is 15.8. The maximum Gasteiger partial charge on any atom is 0.318 e. The van der Waals surface area contributed by atoms with Gasteiger partial charge in [-0.25, -0.2) is 0 Å². The summed E-state index contributed by atoms with van der Waals surface area (Å²) in [7, 11) is 0. The van der Waals surface area contributed by atoms with E-state index in [9.17, 15) is 25.0 Å². The van der Waals surface area contributed by atoms with Crippen molar-refractivity contribution >= 4 is 23.2 Å². The van der Waals surface area contributed by atoms with Crippen LogP contribution in [0.25, 0.3) is 0 Å². The summed E-state index contributed by atoms with van der Waals surface area (Å²) >= 11 is 0. The van der Waals surface area contributed by atoms with Crippen LogP contribution in [0.4, 0.5) is 11.4 Å². The topological polar surface area (TPSA) is 150 Å². The van der Waals surface area contributed by atoms with Crippen LogP contribution >= 0.6 is 0 Å². The number of aromatic nitrogens is 1. The number of carbonyl (C=O) groups is 1. The van der Waals surface area contributed by atoms with Gasteiger partial charge in [-0.3, -0.25) is 30.0 Å². The van der Waals surface area contributed by atoms with Crippen LogP contribution < -0.4 is 4.74 Å². The van der Waals surface area contributed by atoms with Gasteiger partial charge in [-0.2, -0.15) is 5.01 Å². The summed E-state index contributed by atoms with van der Waals surface area (Å²) in [5, 5.41) is 27.6. The number of non-ortho nitro benzene ring substituents is 1. The van der Waals surface area contributed by atoms with E-state index >= 15 is 0 Å². The Balaban J connectivity index is 1.56. The number of hydrogen-bond donors (Lipinski definition) is 0. The third-order valence-electron chi connectivity index (χ3n) is 4.64. The fourth-order valence-electron chi connectivity index (χ4n) is 3.07. The van der Waals surface area contributed by atoms with E-state index in [-0.39, 0.29) is 23.3 Å². The van der Waals surface area contributed by atoms with Gasteiger partial charge in [0.05, 0.1) is 15.9 Å². The molecule has 2 heterocycles. The van der Waals surface area contributed by atoms with E-state index in [0.29, 0.717) is 11.1 Å². The molecule has 1 atom stereocenters. The van der Waals surface area contributed by atoms with Crippen molar-refractivity contribution < 1.29 is 24.1 Å². The third kappa shape index (κ3) is 4.44. The summed E-state index contributed by atoms with van der Waals surface area (Å²) in [6.45, 7) is 1.36. The molecule has 2 aromatic carbocycles. The first-order valence-electron chi connectivity index (χ1n) is 9.49. The Morgan fingerprint density at radius 3 is 2.33 bits per heavy atom. The lowest BCUT2D eigenvalue weighted by molar-refractivity contribution is -0.394. The minimum absolute atomic E-state index is 0.149. The summed E-state index contributed by atoms with van der Waals surface area (Å²) in [4.78, 5) is 36.7. The van der Waals surface area contributed by atoms with Gasteiger partial charge in [0.2, 0.25) is 23.8 Å². The maximum absolute atomic E-state index is 12.1. The molecule has 33 heavy (non-hydrogen) atoms. The second-order valence-electron chi connectivity index (χ2n) is 6.81. The van der Waals surface area contributed by atoms with Gasteiger partial charge in [0.1, 0.15) is 5.75 Å². The second-order valence-corrected chi connectivity index (χ2v) is 6.81. The Labute approximate surface area is 186 Å². The molecule has 1 aromatic heterocycles. The van der Waals surface area contributed by atoms with Crippen LogP contribution in [0, 0.1) is 20.2 Å². The van der Waals surface area contributed by atoms with Crippen molar-refractivity contribution in [1.29, 1.82) is 0 Å². The molecule has 12 nitrogen and oxygen atoms in total. The molecule has 1 aliphatic heterocycles. The number of nitro benzene ring substituents is 2. The van der Waals surface area contributed by atoms with Crippen molar-refractivity contribution in [2.45, 2.75) is 13.2 Å². The minimum atomic E-state index is -0.812. The quantitative estimate of drug-likeness (QED) is 0.406. The van der Waals surface area contributed by atoms with Gasteiger partial charge in [0.25, 0.3) is 5.69 Å². The third-order valence-corrected chi connectivity index (χ3v) is 4.64. The fraction of sp³-hybridized carbons (Fsp3) is 0.0952. The highest BCUT2D eigenvalue weighted by molar-refractivity contribution is 5.96.